The molecule has 0 atom stereocenters. The Hall–Kier alpha value is -1.84. The van der Waals surface area contributed by atoms with Gasteiger partial charge in [0, 0.05) is 12.1 Å². The monoisotopic (exact) mass is 371 g/mol. The lowest BCUT2D eigenvalue weighted by atomic mass is 10.1. The zero-order chi connectivity index (χ0) is 19.2. The standard InChI is InChI=1S/C23H37N3O/c1-3-5-7-9-10-11-12-14-23-25-24-20-26(23)21-15-17-22(18-16-21)27-19-13-8-6-4-2/h15-18,20H,3-14,19H2,1-2H3. The molecule has 4 heteroatoms. The summed E-state index contributed by atoms with van der Waals surface area (Å²) in [5.41, 5.74) is 1.11. The van der Waals surface area contributed by atoms with E-state index in [-0.39, 0.29) is 0 Å². The number of hydrogen-bond acceptors (Lipinski definition) is 3. The Bertz CT molecular complexity index is 606. The van der Waals surface area contributed by atoms with Crippen LogP contribution in [0.3, 0.4) is 0 Å². The molecule has 0 aliphatic carbocycles. The van der Waals surface area contributed by atoms with E-state index in [0.29, 0.717) is 0 Å². The third kappa shape index (κ3) is 8.15. The zero-order valence-corrected chi connectivity index (χ0v) is 17.3. The normalized spacial score (nSPS) is 11.0. The summed E-state index contributed by atoms with van der Waals surface area (Å²) in [5.74, 6) is 1.99. The number of nitrogens with zero attached hydrogens (tertiary/aromatic N) is 3. The minimum atomic E-state index is 0.801. The molecule has 0 radical (unpaired) electrons. The van der Waals surface area contributed by atoms with Crippen molar-refractivity contribution in [1.82, 2.24) is 14.8 Å². The molecule has 0 saturated heterocycles. The molecule has 2 rings (SSSR count). The Labute approximate surface area is 165 Å². The second-order valence-corrected chi connectivity index (χ2v) is 7.39. The third-order valence-electron chi connectivity index (χ3n) is 5.00. The van der Waals surface area contributed by atoms with Crippen LogP contribution in [-0.2, 0) is 6.42 Å². The number of hydrogen-bond donors (Lipinski definition) is 0. The summed E-state index contributed by atoms with van der Waals surface area (Å²) >= 11 is 0. The molecule has 0 unspecified atom stereocenters. The topological polar surface area (TPSA) is 39.9 Å². The predicted octanol–water partition coefficient (Wildman–Crippen LogP) is 6.52. The first-order valence-corrected chi connectivity index (χ1v) is 11.0. The molecule has 150 valence electrons. The van der Waals surface area contributed by atoms with Gasteiger partial charge in [-0.15, -0.1) is 10.2 Å². The fraction of sp³-hybridized carbons (Fsp3) is 0.652. The lowest BCUT2D eigenvalue weighted by Gasteiger charge is -2.09. The highest BCUT2D eigenvalue weighted by molar-refractivity contribution is 5.38. The number of aryl methyl sites for hydroxylation is 1. The fourth-order valence-corrected chi connectivity index (χ4v) is 3.31. The first-order chi connectivity index (χ1) is 13.3. The van der Waals surface area contributed by atoms with Gasteiger partial charge in [0.1, 0.15) is 17.9 Å². The van der Waals surface area contributed by atoms with Gasteiger partial charge in [0.2, 0.25) is 0 Å². The summed E-state index contributed by atoms with van der Waals surface area (Å²) in [6.07, 6.45) is 16.9. The molecule has 0 saturated carbocycles. The van der Waals surface area contributed by atoms with Crippen molar-refractivity contribution < 1.29 is 4.74 Å². The molecular formula is C23H37N3O. The van der Waals surface area contributed by atoms with Crippen molar-refractivity contribution in [2.24, 2.45) is 0 Å². The van der Waals surface area contributed by atoms with E-state index in [1.165, 1.54) is 64.2 Å². The van der Waals surface area contributed by atoms with E-state index in [9.17, 15) is 0 Å². The summed E-state index contributed by atoms with van der Waals surface area (Å²) in [7, 11) is 0. The van der Waals surface area contributed by atoms with Crippen LogP contribution < -0.4 is 4.74 Å². The van der Waals surface area contributed by atoms with Crippen LogP contribution in [0.15, 0.2) is 30.6 Å². The lowest BCUT2D eigenvalue weighted by Crippen LogP contribution is -2.01. The van der Waals surface area contributed by atoms with E-state index in [4.69, 9.17) is 4.74 Å². The Morgan fingerprint density at radius 3 is 2.11 bits per heavy atom. The van der Waals surface area contributed by atoms with Crippen molar-refractivity contribution in [1.29, 1.82) is 0 Å². The fourth-order valence-electron chi connectivity index (χ4n) is 3.31. The van der Waals surface area contributed by atoms with Crippen LogP contribution in [0.4, 0.5) is 0 Å². The smallest absolute Gasteiger partial charge is 0.137 e. The van der Waals surface area contributed by atoms with E-state index in [2.05, 4.69) is 40.7 Å². The molecule has 4 nitrogen and oxygen atoms in total. The Morgan fingerprint density at radius 2 is 1.41 bits per heavy atom. The molecule has 27 heavy (non-hydrogen) atoms. The van der Waals surface area contributed by atoms with Crippen molar-refractivity contribution >= 4 is 0 Å². The molecule has 1 aromatic heterocycles. The maximum atomic E-state index is 5.83. The third-order valence-corrected chi connectivity index (χ3v) is 5.00. The molecule has 0 aliphatic rings. The van der Waals surface area contributed by atoms with Gasteiger partial charge in [-0.25, -0.2) is 0 Å². The van der Waals surface area contributed by atoms with Crippen LogP contribution >= 0.6 is 0 Å². The summed E-state index contributed by atoms with van der Waals surface area (Å²) < 4.78 is 7.93. The van der Waals surface area contributed by atoms with Crippen LogP contribution in [0.1, 0.15) is 90.3 Å². The van der Waals surface area contributed by atoms with Crippen LogP contribution in [0.25, 0.3) is 5.69 Å². The molecule has 1 aromatic carbocycles. The van der Waals surface area contributed by atoms with Gasteiger partial charge < -0.3 is 4.74 Å². The average Bonchev–Trinajstić information content (AvgIpc) is 3.16. The maximum Gasteiger partial charge on any atom is 0.137 e. The van der Waals surface area contributed by atoms with E-state index >= 15 is 0 Å². The summed E-state index contributed by atoms with van der Waals surface area (Å²) in [4.78, 5) is 0. The van der Waals surface area contributed by atoms with Crippen molar-refractivity contribution in [2.45, 2.75) is 90.9 Å². The van der Waals surface area contributed by atoms with Gasteiger partial charge in [0.25, 0.3) is 0 Å². The molecule has 0 amide bonds. The largest absolute Gasteiger partial charge is 0.494 e. The van der Waals surface area contributed by atoms with Crippen LogP contribution in [-0.4, -0.2) is 21.4 Å². The van der Waals surface area contributed by atoms with E-state index < -0.39 is 0 Å². The predicted molar refractivity (Wildman–Crippen MR) is 113 cm³/mol. The molecule has 0 N–H and O–H groups in total. The quantitative estimate of drug-likeness (QED) is 0.335. The lowest BCUT2D eigenvalue weighted by molar-refractivity contribution is 0.305. The van der Waals surface area contributed by atoms with Crippen LogP contribution in [0, 0.1) is 0 Å². The SMILES string of the molecule is CCCCCCCCCc1nncn1-c1ccc(OCCCCCC)cc1. The number of unbranched alkanes of at least 4 members (excludes halogenated alkanes) is 9. The average molecular weight is 372 g/mol. The van der Waals surface area contributed by atoms with Crippen molar-refractivity contribution in [3.05, 3.63) is 36.4 Å². The summed E-state index contributed by atoms with van der Waals surface area (Å²) in [6, 6.07) is 8.29. The van der Waals surface area contributed by atoms with Crippen molar-refractivity contribution in [3.8, 4) is 11.4 Å². The summed E-state index contributed by atoms with van der Waals surface area (Å²) in [6.45, 7) is 5.29. The summed E-state index contributed by atoms with van der Waals surface area (Å²) in [5, 5.41) is 8.44. The Balaban J connectivity index is 1.75. The number of benzene rings is 1. The molecule has 1 heterocycles. The van der Waals surface area contributed by atoms with E-state index in [1.807, 2.05) is 18.5 Å². The Morgan fingerprint density at radius 1 is 0.778 bits per heavy atom. The zero-order valence-electron chi connectivity index (χ0n) is 17.3. The van der Waals surface area contributed by atoms with E-state index in [0.717, 1.165) is 36.7 Å². The Kier molecular flexibility index (Phi) is 10.6. The molecule has 0 aliphatic heterocycles. The first-order valence-electron chi connectivity index (χ1n) is 11.0. The second-order valence-electron chi connectivity index (χ2n) is 7.39. The van der Waals surface area contributed by atoms with Crippen LogP contribution in [0.5, 0.6) is 5.75 Å². The van der Waals surface area contributed by atoms with Gasteiger partial charge in [-0.1, -0.05) is 71.6 Å². The maximum absolute atomic E-state index is 5.83. The first kappa shape index (κ1) is 21.5. The van der Waals surface area contributed by atoms with Crippen LogP contribution in [0.2, 0.25) is 0 Å². The number of aromatic nitrogens is 3. The number of ether oxygens (including phenoxy) is 1. The van der Waals surface area contributed by atoms with Gasteiger partial charge in [0.15, 0.2) is 0 Å². The highest BCUT2D eigenvalue weighted by atomic mass is 16.5. The number of rotatable bonds is 15. The van der Waals surface area contributed by atoms with Crippen molar-refractivity contribution in [2.75, 3.05) is 6.61 Å². The van der Waals surface area contributed by atoms with Gasteiger partial charge in [0.05, 0.1) is 6.61 Å². The highest BCUT2D eigenvalue weighted by Crippen LogP contribution is 2.18. The van der Waals surface area contributed by atoms with Gasteiger partial charge in [-0.2, -0.15) is 0 Å². The molecule has 2 aromatic rings. The highest BCUT2D eigenvalue weighted by Gasteiger charge is 2.06. The molecule has 0 fully saturated rings. The van der Waals surface area contributed by atoms with Gasteiger partial charge >= 0.3 is 0 Å². The molecule has 0 bridgehead atoms. The molecule has 0 spiro atoms. The molecular weight excluding hydrogens is 334 g/mol. The van der Waals surface area contributed by atoms with Crippen molar-refractivity contribution in [3.63, 3.8) is 0 Å². The van der Waals surface area contributed by atoms with Gasteiger partial charge in [-0.05, 0) is 37.1 Å². The second kappa shape index (κ2) is 13.3. The van der Waals surface area contributed by atoms with E-state index in [1.54, 1.807) is 0 Å². The minimum Gasteiger partial charge on any atom is -0.494 e. The van der Waals surface area contributed by atoms with Gasteiger partial charge in [-0.3, -0.25) is 4.57 Å². The minimum absolute atomic E-state index is 0.801.